The Hall–Kier alpha value is -1.94. The van der Waals surface area contributed by atoms with Gasteiger partial charge in [0, 0.05) is 23.8 Å². The highest BCUT2D eigenvalue weighted by Crippen LogP contribution is 2.28. The Morgan fingerprint density at radius 1 is 1.00 bits per heavy atom. The molecule has 0 bridgehead atoms. The number of para-hydroxylation sites is 1. The third-order valence-corrected chi connectivity index (χ3v) is 5.89. The molecule has 27 heavy (non-hydrogen) atoms. The van der Waals surface area contributed by atoms with E-state index >= 15 is 0 Å². The van der Waals surface area contributed by atoms with Gasteiger partial charge in [-0.15, -0.1) is 0 Å². The van der Waals surface area contributed by atoms with Crippen molar-refractivity contribution in [2.45, 2.75) is 65.0 Å². The number of hydrogen-bond acceptors (Lipinski definition) is 1. The number of nitrogens with one attached hydrogen (secondary N) is 1. The van der Waals surface area contributed by atoms with Crippen molar-refractivity contribution in [3.63, 3.8) is 0 Å². The molecule has 0 heterocycles. The zero-order chi connectivity index (χ0) is 19.2. The number of thiocarbonyl (C=S) groups is 1. The van der Waals surface area contributed by atoms with Gasteiger partial charge in [0.1, 0.15) is 5.82 Å². The predicted molar refractivity (Wildman–Crippen MR) is 116 cm³/mol. The number of aryl methyl sites for hydroxylation is 2. The minimum absolute atomic E-state index is 0.161. The first kappa shape index (κ1) is 19.8. The summed E-state index contributed by atoms with van der Waals surface area (Å²) in [6.07, 6.45) is 6.57. The molecule has 1 fully saturated rings. The first-order valence-electron chi connectivity index (χ1n) is 10.1. The van der Waals surface area contributed by atoms with Crippen LogP contribution in [0.25, 0.3) is 0 Å². The van der Waals surface area contributed by atoms with Gasteiger partial charge in [-0.1, -0.05) is 63.1 Å². The van der Waals surface area contributed by atoms with Crippen LogP contribution in [0.15, 0.2) is 42.5 Å². The van der Waals surface area contributed by atoms with Gasteiger partial charge in [-0.2, -0.15) is 0 Å². The summed E-state index contributed by atoms with van der Waals surface area (Å²) in [6.45, 7) is 4.84. The molecule has 4 heteroatoms. The van der Waals surface area contributed by atoms with E-state index < -0.39 is 0 Å². The van der Waals surface area contributed by atoms with Crippen molar-refractivity contribution in [1.82, 2.24) is 4.90 Å². The van der Waals surface area contributed by atoms with Crippen LogP contribution in [-0.2, 0) is 19.4 Å². The highest BCUT2D eigenvalue weighted by atomic mass is 32.1. The Morgan fingerprint density at radius 2 is 1.59 bits per heavy atom. The fourth-order valence-electron chi connectivity index (χ4n) is 3.97. The summed E-state index contributed by atoms with van der Waals surface area (Å²) in [4.78, 5) is 2.20. The van der Waals surface area contributed by atoms with Crippen molar-refractivity contribution in [1.29, 1.82) is 0 Å². The minimum Gasteiger partial charge on any atom is -0.342 e. The summed E-state index contributed by atoms with van der Waals surface area (Å²) >= 11 is 5.84. The van der Waals surface area contributed by atoms with Crippen LogP contribution in [0, 0.1) is 5.82 Å². The third-order valence-electron chi connectivity index (χ3n) is 5.56. The van der Waals surface area contributed by atoms with Crippen molar-refractivity contribution >= 4 is 23.0 Å². The van der Waals surface area contributed by atoms with Crippen LogP contribution in [0.2, 0.25) is 0 Å². The van der Waals surface area contributed by atoms with Gasteiger partial charge in [0.15, 0.2) is 5.11 Å². The number of halogens is 1. The largest absolute Gasteiger partial charge is 0.342 e. The topological polar surface area (TPSA) is 15.3 Å². The second kappa shape index (κ2) is 9.32. The number of hydrogen-bond donors (Lipinski definition) is 1. The van der Waals surface area contributed by atoms with Gasteiger partial charge in [-0.05, 0) is 55.1 Å². The van der Waals surface area contributed by atoms with Crippen LogP contribution in [0.1, 0.15) is 56.2 Å². The summed E-state index contributed by atoms with van der Waals surface area (Å²) in [5.41, 5.74) is 4.37. The van der Waals surface area contributed by atoms with Gasteiger partial charge < -0.3 is 10.2 Å². The molecule has 144 valence electrons. The molecule has 0 radical (unpaired) electrons. The quantitative estimate of drug-likeness (QED) is 0.607. The summed E-state index contributed by atoms with van der Waals surface area (Å²) < 4.78 is 14.3. The van der Waals surface area contributed by atoms with Gasteiger partial charge in [-0.25, -0.2) is 4.39 Å². The normalized spacial score (nSPS) is 14.3. The molecule has 0 aromatic heterocycles. The summed E-state index contributed by atoms with van der Waals surface area (Å²) in [5, 5.41) is 4.24. The first-order chi connectivity index (χ1) is 13.1. The molecular formula is C23H29FN2S. The molecule has 1 aliphatic carbocycles. The molecule has 1 N–H and O–H groups in total. The van der Waals surface area contributed by atoms with Crippen molar-refractivity contribution in [2.24, 2.45) is 0 Å². The summed E-state index contributed by atoms with van der Waals surface area (Å²) in [7, 11) is 0. The van der Waals surface area contributed by atoms with Crippen LogP contribution >= 0.6 is 12.2 Å². The van der Waals surface area contributed by atoms with Crippen LogP contribution in [-0.4, -0.2) is 16.1 Å². The number of benzene rings is 2. The van der Waals surface area contributed by atoms with E-state index in [1.165, 1.54) is 30.0 Å². The molecule has 0 spiro atoms. The Bertz CT molecular complexity index is 761. The van der Waals surface area contributed by atoms with Crippen molar-refractivity contribution in [3.8, 4) is 0 Å². The van der Waals surface area contributed by atoms with Crippen LogP contribution in [0.4, 0.5) is 10.1 Å². The molecule has 1 saturated carbocycles. The second-order valence-corrected chi connectivity index (χ2v) is 7.63. The maximum Gasteiger partial charge on any atom is 0.173 e. The lowest BCUT2D eigenvalue weighted by molar-refractivity contribution is 0.308. The molecule has 1 aliphatic rings. The predicted octanol–water partition coefficient (Wildman–Crippen LogP) is 6.09. The van der Waals surface area contributed by atoms with E-state index in [0.29, 0.717) is 23.3 Å². The standard InChI is InChI=1S/C23H29FN2S/c1-3-17-11-9-12-18(4-2)22(17)25-23(27)26(20-13-6-7-14-20)16-19-10-5-8-15-21(19)24/h5,8-12,15,20H,3-4,6-7,13-14,16H2,1-2H3,(H,25,27). The smallest absolute Gasteiger partial charge is 0.173 e. The third kappa shape index (κ3) is 4.67. The van der Waals surface area contributed by atoms with Gasteiger partial charge in [-0.3, -0.25) is 0 Å². The van der Waals surface area contributed by atoms with Crippen molar-refractivity contribution < 1.29 is 4.39 Å². The minimum atomic E-state index is -0.161. The van der Waals surface area contributed by atoms with Crippen LogP contribution in [0.3, 0.4) is 0 Å². The maximum absolute atomic E-state index is 14.3. The van der Waals surface area contributed by atoms with E-state index in [2.05, 4.69) is 42.3 Å². The van der Waals surface area contributed by atoms with E-state index in [-0.39, 0.29) is 5.82 Å². The molecule has 2 aromatic carbocycles. The van der Waals surface area contributed by atoms with Crippen molar-refractivity contribution in [3.05, 3.63) is 65.0 Å². The molecule has 0 atom stereocenters. The van der Waals surface area contributed by atoms with E-state index in [4.69, 9.17) is 12.2 Å². The summed E-state index contributed by atoms with van der Waals surface area (Å²) in [5.74, 6) is -0.161. The Balaban J connectivity index is 1.87. The van der Waals surface area contributed by atoms with Gasteiger partial charge in [0.2, 0.25) is 0 Å². The van der Waals surface area contributed by atoms with E-state index in [1.54, 1.807) is 6.07 Å². The molecule has 0 amide bonds. The fraction of sp³-hybridized carbons (Fsp3) is 0.435. The average Bonchev–Trinajstić information content (AvgIpc) is 3.21. The molecular weight excluding hydrogens is 355 g/mol. The Morgan fingerprint density at radius 3 is 2.19 bits per heavy atom. The highest BCUT2D eigenvalue weighted by Gasteiger charge is 2.26. The molecule has 0 unspecified atom stereocenters. The maximum atomic E-state index is 14.3. The Labute approximate surface area is 167 Å². The lowest BCUT2D eigenvalue weighted by Crippen LogP contribution is -2.41. The lowest BCUT2D eigenvalue weighted by Gasteiger charge is -2.32. The zero-order valence-electron chi connectivity index (χ0n) is 16.3. The molecule has 2 nitrogen and oxygen atoms in total. The van der Waals surface area contributed by atoms with E-state index in [1.807, 2.05) is 12.1 Å². The van der Waals surface area contributed by atoms with Gasteiger partial charge in [0.25, 0.3) is 0 Å². The van der Waals surface area contributed by atoms with Gasteiger partial charge in [0.05, 0.1) is 0 Å². The number of anilines is 1. The zero-order valence-corrected chi connectivity index (χ0v) is 17.1. The van der Waals surface area contributed by atoms with E-state index in [0.717, 1.165) is 31.4 Å². The number of nitrogens with zero attached hydrogens (tertiary/aromatic N) is 1. The molecule has 2 aromatic rings. The summed E-state index contributed by atoms with van der Waals surface area (Å²) in [6, 6.07) is 13.8. The molecule has 0 aliphatic heterocycles. The SMILES string of the molecule is CCc1cccc(CC)c1NC(=S)N(Cc1ccccc1F)C1CCCC1. The van der Waals surface area contributed by atoms with Gasteiger partial charge >= 0.3 is 0 Å². The lowest BCUT2D eigenvalue weighted by atomic mass is 10.0. The van der Waals surface area contributed by atoms with Crippen molar-refractivity contribution in [2.75, 3.05) is 5.32 Å². The number of rotatable bonds is 6. The molecule has 3 rings (SSSR count). The Kier molecular flexibility index (Phi) is 6.84. The first-order valence-corrected chi connectivity index (χ1v) is 10.5. The average molecular weight is 385 g/mol. The van der Waals surface area contributed by atoms with Crippen LogP contribution < -0.4 is 5.32 Å². The second-order valence-electron chi connectivity index (χ2n) is 7.25. The molecule has 0 saturated heterocycles. The fourth-order valence-corrected chi connectivity index (χ4v) is 4.29. The monoisotopic (exact) mass is 384 g/mol. The highest BCUT2D eigenvalue weighted by molar-refractivity contribution is 7.80. The van der Waals surface area contributed by atoms with E-state index in [9.17, 15) is 4.39 Å². The van der Waals surface area contributed by atoms with Crippen LogP contribution in [0.5, 0.6) is 0 Å².